The standard InChI is InChI=1S/C72H96N21O38P7S7/c1-8-35-36(9-49(118-35)88-17-31(3)62(94)83-69(88)100)126-133(105,140)112-22-45-39(12-52(121-45)90-19-33(5)64(96)85-71(90)102)128-135(107,142)115-24-46-40(13-53(122-46)91-20-34(6)65(97)86-72(91)103)129-134(106,141)114-23-44-38(11-50(120-44)87-16-30(2)58(73)80-68(87)99)127-136(108,143)116-25-47-41(14-54(123-47)92-28-78-56-59(74)76-27-77-60(56)92)130-138(110,145)117-26-48-42(15-55(124-48)93-29-79-57-61(93)81-67(75)82-66(57)98)131-137(109,144)113-21-43-37(125-132(104,139)111-7)10-51(119-43)89-18-32(4)63(95)84-70(89)101/h16-20,27-29,35-55H,8-15,21-26H2,1-7H3,(H,104,139)(H,105,140)(H,106,141)(H,107,142)(H,108,143)(H,109,144)(H,110,145)(H2,73,80,99)(H2,74,76,77)(H,83,94,100)(H,84,95,101)(H,85,96,102)(H,86,97,103)(H3,75,81,82,98)/p-7/t35-,36?,37?,38?,39?,40?,41?,42?,43-,44-,45-,46-,47-,48-,49-,50-,51-,52-,53-,54-,55-,132?,133?,134?,135?,136?,137?,138?/m1/s1. The fourth-order valence-corrected chi connectivity index (χ4v) is 26.5. The van der Waals surface area contributed by atoms with Crippen molar-refractivity contribution in [2.75, 3.05) is 64.0 Å². The van der Waals surface area contributed by atoms with Gasteiger partial charge < -0.3 is 155 Å². The minimum atomic E-state index is -5.06. The van der Waals surface area contributed by atoms with E-state index in [4.69, 9.17) is 197 Å². The van der Waals surface area contributed by atoms with Gasteiger partial charge in [0.2, 0.25) is 5.95 Å². The number of aromatic amines is 5. The van der Waals surface area contributed by atoms with Crippen LogP contribution in [0.15, 0.2) is 97.9 Å². The van der Waals surface area contributed by atoms with Crippen LogP contribution in [0.25, 0.3) is 22.3 Å². The number of nitrogen functional groups attached to an aromatic ring is 3. The Labute approximate surface area is 849 Å². The summed E-state index contributed by atoms with van der Waals surface area (Å²) < 4.78 is 148. The lowest BCUT2D eigenvalue weighted by Crippen LogP contribution is -2.34. The Morgan fingerprint density at radius 1 is 0.366 bits per heavy atom. The van der Waals surface area contributed by atoms with E-state index in [2.05, 4.69) is 54.8 Å². The molecule has 0 aliphatic carbocycles. The largest absolute Gasteiger partial charge is 0.780 e. The predicted octanol–water partition coefficient (Wildman–Crippen LogP) is -3.27. The number of nitrogens with two attached hydrogens (primary N) is 3. The molecule has 7 aliphatic rings. The number of aromatic nitrogens is 18. The van der Waals surface area contributed by atoms with Gasteiger partial charge in [-0.1, -0.05) is 77.8 Å². The normalized spacial score (nSPS) is 29.5. The minimum Gasteiger partial charge on any atom is -0.780 e. The summed E-state index contributed by atoms with van der Waals surface area (Å²) in [5.41, 5.74) is 10.4. The van der Waals surface area contributed by atoms with Crippen LogP contribution in [0.4, 0.5) is 17.6 Å². The predicted molar refractivity (Wildman–Crippen MR) is 512 cm³/mol. The van der Waals surface area contributed by atoms with Crippen LogP contribution in [-0.4, -0.2) is 219 Å². The molecule has 59 nitrogen and oxygen atoms in total. The summed E-state index contributed by atoms with van der Waals surface area (Å²) in [5, 5.41) is 0. The monoisotopic (exact) mass is 2300 g/mol. The molecule has 9 aromatic heterocycles. The number of ether oxygens (including phenoxy) is 7. The molecule has 794 valence electrons. The van der Waals surface area contributed by atoms with Crippen molar-refractivity contribution in [2.24, 2.45) is 0 Å². The van der Waals surface area contributed by atoms with E-state index in [1.807, 2.05) is 0 Å². The first kappa shape index (κ1) is 111. The molecule has 0 bridgehead atoms. The molecule has 0 saturated carbocycles. The van der Waals surface area contributed by atoms with E-state index >= 15 is 4.89 Å². The molecule has 0 aromatic carbocycles. The highest BCUT2D eigenvalue weighted by Crippen LogP contribution is 2.57. The molecule has 145 heavy (non-hydrogen) atoms. The van der Waals surface area contributed by atoms with Crippen LogP contribution in [0.3, 0.4) is 0 Å². The lowest BCUT2D eigenvalue weighted by molar-refractivity contribution is -0.221. The molecule has 0 radical (unpaired) electrons. The molecule has 0 amide bonds. The Hall–Kier alpha value is -6.70. The summed E-state index contributed by atoms with van der Waals surface area (Å²) in [4.78, 5) is 252. The van der Waals surface area contributed by atoms with Gasteiger partial charge in [0.05, 0.1) is 101 Å². The average Bonchev–Trinajstić information content (AvgIpc) is 1.58. The van der Waals surface area contributed by atoms with Gasteiger partial charge in [0, 0.05) is 111 Å². The molecule has 11 N–H and O–H groups in total. The second-order valence-electron chi connectivity index (χ2n) is 33.8. The maximum Gasteiger partial charge on any atom is 0.351 e. The third-order valence-electron chi connectivity index (χ3n) is 23.9. The number of fused-ring (bicyclic) bond motifs is 2. The third-order valence-corrected chi connectivity index (χ3v) is 35.0. The zero-order chi connectivity index (χ0) is 105. The fraction of sp³-hybridized carbons (Fsp3) is 0.583. The zero-order valence-corrected chi connectivity index (χ0v) is 88.2. The van der Waals surface area contributed by atoms with Gasteiger partial charge in [-0.15, -0.1) is 0 Å². The minimum absolute atomic E-state index is 0.00321. The van der Waals surface area contributed by atoms with Crippen molar-refractivity contribution in [1.82, 2.24) is 86.8 Å². The van der Waals surface area contributed by atoms with Crippen LogP contribution < -0.4 is 103 Å². The Kier molecular flexibility index (Phi) is 34.1. The fourth-order valence-electron chi connectivity index (χ4n) is 16.7. The van der Waals surface area contributed by atoms with Crippen LogP contribution in [0.5, 0.6) is 0 Å². The lowest BCUT2D eigenvalue weighted by Gasteiger charge is -2.36. The van der Waals surface area contributed by atoms with Crippen molar-refractivity contribution in [3.05, 3.63) is 182 Å². The highest BCUT2D eigenvalue weighted by molar-refractivity contribution is 8.32. The van der Waals surface area contributed by atoms with Crippen LogP contribution in [0.1, 0.15) is 130 Å². The van der Waals surface area contributed by atoms with E-state index in [1.54, 1.807) is 6.92 Å². The van der Waals surface area contributed by atoms with E-state index in [0.717, 1.165) is 55.0 Å². The van der Waals surface area contributed by atoms with Crippen molar-refractivity contribution in [3.8, 4) is 0 Å². The van der Waals surface area contributed by atoms with Gasteiger partial charge in [0.15, 0.2) is 29.4 Å². The van der Waals surface area contributed by atoms with E-state index < -0.39 is 291 Å². The first-order chi connectivity index (χ1) is 68.2. The maximum atomic E-state index is 15.0. The summed E-state index contributed by atoms with van der Waals surface area (Å²) >= 11 is 37.9. The van der Waals surface area contributed by atoms with Crippen LogP contribution >= 0.6 is 47.1 Å². The van der Waals surface area contributed by atoms with Crippen LogP contribution in [0, 0.1) is 34.6 Å². The topological polar surface area (TPSA) is 789 Å². The summed E-state index contributed by atoms with van der Waals surface area (Å²) in [7, 11) is 1.02. The quantitative estimate of drug-likeness (QED) is 0.0138. The Morgan fingerprint density at radius 2 is 0.655 bits per heavy atom. The molecule has 7 saturated heterocycles. The van der Waals surface area contributed by atoms with E-state index in [0.29, 0.717) is 0 Å². The second kappa shape index (κ2) is 44.5. The van der Waals surface area contributed by atoms with E-state index in [1.165, 1.54) is 68.7 Å². The van der Waals surface area contributed by atoms with Gasteiger partial charge in [0.1, 0.15) is 138 Å². The van der Waals surface area contributed by atoms with Crippen molar-refractivity contribution >= 4 is 170 Å². The van der Waals surface area contributed by atoms with Crippen LogP contribution in [0.2, 0.25) is 0 Å². The Balaban J connectivity index is 0.610. The van der Waals surface area contributed by atoms with Crippen molar-refractivity contribution < 1.29 is 130 Å². The van der Waals surface area contributed by atoms with Gasteiger partial charge in [-0.05, 0) is 41.0 Å². The number of imidazole rings is 2. The number of anilines is 3. The molecule has 16 rings (SSSR count). The zero-order valence-electron chi connectivity index (χ0n) is 76.2. The van der Waals surface area contributed by atoms with Gasteiger partial charge in [-0.3, -0.25) is 85.4 Å². The molecule has 7 aliphatic heterocycles. The highest BCUT2D eigenvalue weighted by Gasteiger charge is 2.49. The number of nitrogens with one attached hydrogen (secondary N) is 5. The SMILES string of the molecule is CC[C@H]1O[C@@H](n2cc(C)c(=O)[nH]c2=O)CC1OP([O-])(=S)OC[C@H]1O[C@@H](n2cc(C)c(=O)[nH]c2=O)CC1OP(=O)([S-])OC[C@H]1O[C@@H](n2cc(C)c(=O)[nH]c2=O)CC1OP([O-])(=S)OC[C@H]1O[C@@H](n2cc(C)c(N)nc2=O)CC1OP([O-])(=S)OC[C@H]1O[C@@H](n2cnc3c(N)ncnc32)CC1OP([O-])(=S)OC[C@H]1O[C@@H](n2cnc3c(=O)[nH]c(N)nc32)CC1OP([O-])(=S)OC[C@H]1O[C@@H](n2cc(C)c(=O)[nH]c2=O)CC1OP([O-])(=S)OC. The molecule has 0 spiro atoms. The van der Waals surface area contributed by atoms with Gasteiger partial charge in [-0.2, -0.15) is 9.97 Å². The average molecular weight is 2300 g/mol. The molecular weight excluding hydrogens is 2210 g/mol. The first-order valence-corrected chi connectivity index (χ1v) is 61.3. The molecule has 9 aromatic rings. The molecule has 73 heteroatoms. The first-order valence-electron chi connectivity index (χ1n) is 43.4. The number of rotatable bonds is 41. The molecule has 7 fully saturated rings. The summed E-state index contributed by atoms with van der Waals surface area (Å²) in [5.74, 6) is -0.556. The van der Waals surface area contributed by atoms with E-state index in [-0.39, 0.29) is 99.8 Å². The summed E-state index contributed by atoms with van der Waals surface area (Å²) in [6, 6.07) is 0. The smallest absolute Gasteiger partial charge is 0.351 e. The van der Waals surface area contributed by atoms with Crippen molar-refractivity contribution in [2.45, 2.75) is 222 Å². The van der Waals surface area contributed by atoms with Gasteiger partial charge in [0.25, 0.3) is 27.8 Å². The molecule has 16 heterocycles. The highest BCUT2D eigenvalue weighted by atomic mass is 32.7. The van der Waals surface area contributed by atoms with Crippen molar-refractivity contribution in [3.63, 3.8) is 0 Å². The number of hydrogen-bond acceptors (Lipinski definition) is 54. The number of H-pyrrole nitrogens is 5. The number of nitrogens with zero attached hydrogens (tertiary/aromatic N) is 13. The molecule has 28 atom stereocenters. The molecule has 14 unspecified atom stereocenters. The second-order valence-corrected chi connectivity index (χ2v) is 52.9. The lowest BCUT2D eigenvalue weighted by atomic mass is 10.1. The molecular formula is C72H89N21O38P7S7-7. The van der Waals surface area contributed by atoms with E-state index in [9.17, 15) is 77.0 Å². The summed E-state index contributed by atoms with van der Waals surface area (Å²) in [6.45, 7) is -30.2. The third kappa shape index (κ3) is 26.3. The van der Waals surface area contributed by atoms with Crippen LogP contribution in [-0.2, 0) is 184 Å². The Bertz CT molecular complexity index is 7460. The van der Waals surface area contributed by atoms with Crippen molar-refractivity contribution in [1.29, 1.82) is 0 Å². The van der Waals surface area contributed by atoms with Gasteiger partial charge in [-0.25, -0.2) is 43.9 Å². The Morgan fingerprint density at radius 3 is 1.00 bits per heavy atom. The maximum absolute atomic E-state index is 15.0. The summed E-state index contributed by atoms with van der Waals surface area (Å²) in [6.07, 6.45) is -21.8. The van der Waals surface area contributed by atoms with Gasteiger partial charge >= 0.3 is 28.4 Å². The number of hydrogen-bond donors (Lipinski definition) is 8. The number of aryl methyl sites for hydroxylation is 5.